The van der Waals surface area contributed by atoms with Crippen LogP contribution in [0.15, 0.2) is 45.9 Å². The Morgan fingerprint density at radius 2 is 1.96 bits per heavy atom. The lowest BCUT2D eigenvalue weighted by atomic mass is 10.1. The first kappa shape index (κ1) is 19.4. The summed E-state index contributed by atoms with van der Waals surface area (Å²) in [6.07, 6.45) is -0.0182. The number of carbonyl (C=O) groups excluding carboxylic acids is 1. The van der Waals surface area contributed by atoms with E-state index in [9.17, 15) is 9.18 Å². The van der Waals surface area contributed by atoms with Crippen LogP contribution in [0.1, 0.15) is 10.4 Å². The molecule has 9 heteroatoms. The van der Waals surface area contributed by atoms with Crippen molar-refractivity contribution in [3.63, 3.8) is 0 Å². The Labute approximate surface area is 175 Å². The maximum absolute atomic E-state index is 13.9. The zero-order valence-electron chi connectivity index (χ0n) is 15.0. The highest BCUT2D eigenvalue weighted by atomic mass is 35.5. The summed E-state index contributed by atoms with van der Waals surface area (Å²) in [6.45, 7) is 2.52. The van der Waals surface area contributed by atoms with E-state index in [1.165, 1.54) is 6.07 Å². The molecule has 2 aliphatic rings. The van der Waals surface area contributed by atoms with Crippen molar-refractivity contribution in [2.75, 3.05) is 31.9 Å². The molecule has 0 radical (unpaired) electrons. The predicted octanol–water partition coefficient (Wildman–Crippen LogP) is 3.73. The van der Waals surface area contributed by atoms with Gasteiger partial charge in [0.05, 0.1) is 17.0 Å². The van der Waals surface area contributed by atoms with E-state index in [4.69, 9.17) is 11.6 Å². The lowest BCUT2D eigenvalue weighted by Crippen LogP contribution is -2.50. The molecular weight excluding hydrogens is 419 g/mol. The van der Waals surface area contributed by atoms with Crippen LogP contribution in [0.5, 0.6) is 0 Å². The zero-order valence-corrected chi connectivity index (χ0v) is 17.4. The first-order valence-electron chi connectivity index (χ1n) is 8.88. The summed E-state index contributed by atoms with van der Waals surface area (Å²) in [5, 5.41) is 12.0. The largest absolute Gasteiger partial charge is 0.346 e. The van der Waals surface area contributed by atoms with Gasteiger partial charge >= 0.3 is 0 Å². The van der Waals surface area contributed by atoms with E-state index in [0.29, 0.717) is 31.2 Å². The molecule has 1 fully saturated rings. The van der Waals surface area contributed by atoms with E-state index in [1.54, 1.807) is 40.1 Å². The molecule has 0 unspecified atom stereocenters. The lowest BCUT2D eigenvalue weighted by molar-refractivity contribution is -0.131. The molecule has 0 spiro atoms. The van der Waals surface area contributed by atoms with Crippen LogP contribution in [0.2, 0.25) is 5.02 Å². The standard InChI is InChI=1S/C19H18ClFN4OS2/c20-14-3-1-4-15(21)13(14)11-18(26)24-6-8-25(9-7-24)19-23-22-16(12-28-19)17-5-2-10-27-17/h1-5,10H,6-9,11-12H2. The number of piperazine rings is 1. The first-order valence-corrected chi connectivity index (χ1v) is 11.1. The topological polar surface area (TPSA) is 48.3 Å². The van der Waals surface area contributed by atoms with Crippen LogP contribution < -0.4 is 0 Å². The van der Waals surface area contributed by atoms with Crippen molar-refractivity contribution >= 4 is 51.5 Å². The van der Waals surface area contributed by atoms with Gasteiger partial charge in [0.1, 0.15) is 5.82 Å². The van der Waals surface area contributed by atoms with Crippen LogP contribution in [0, 0.1) is 5.82 Å². The van der Waals surface area contributed by atoms with Crippen molar-refractivity contribution in [3.8, 4) is 0 Å². The van der Waals surface area contributed by atoms with Crippen molar-refractivity contribution in [1.82, 2.24) is 9.80 Å². The third-order valence-electron chi connectivity index (χ3n) is 4.69. The fraction of sp³-hybridized carbons (Fsp3) is 0.316. The molecule has 1 amide bonds. The number of amidine groups is 1. The Kier molecular flexibility index (Phi) is 5.99. The Morgan fingerprint density at radius 3 is 2.61 bits per heavy atom. The molecule has 146 valence electrons. The van der Waals surface area contributed by atoms with Gasteiger partial charge in [-0.2, -0.15) is 5.10 Å². The number of benzene rings is 1. The molecule has 28 heavy (non-hydrogen) atoms. The van der Waals surface area contributed by atoms with Crippen molar-refractivity contribution in [2.45, 2.75) is 6.42 Å². The SMILES string of the molecule is O=C(Cc1c(F)cccc1Cl)N1CCN(C2=NN=C(c3cccs3)CS2)CC1. The number of hydrogen-bond donors (Lipinski definition) is 0. The summed E-state index contributed by atoms with van der Waals surface area (Å²) in [7, 11) is 0. The van der Waals surface area contributed by atoms with Gasteiger partial charge < -0.3 is 9.80 Å². The molecular formula is C19H18ClFN4OS2. The molecule has 0 saturated carbocycles. The average Bonchev–Trinajstić information content (AvgIpc) is 3.26. The summed E-state index contributed by atoms with van der Waals surface area (Å²) < 4.78 is 13.9. The summed E-state index contributed by atoms with van der Waals surface area (Å²) >= 11 is 9.38. The second-order valence-electron chi connectivity index (χ2n) is 6.44. The number of thiophene rings is 1. The van der Waals surface area contributed by atoms with Gasteiger partial charge in [-0.1, -0.05) is 35.5 Å². The molecule has 2 aliphatic heterocycles. The van der Waals surface area contributed by atoms with Gasteiger partial charge in [-0.05, 0) is 23.6 Å². The normalized spacial score (nSPS) is 17.4. The molecule has 4 rings (SSSR count). The Balaban J connectivity index is 1.34. The first-order chi connectivity index (χ1) is 13.6. The number of halogens is 2. The van der Waals surface area contributed by atoms with Gasteiger partial charge in [-0.3, -0.25) is 4.79 Å². The second-order valence-corrected chi connectivity index (χ2v) is 8.74. The van der Waals surface area contributed by atoms with E-state index in [-0.39, 0.29) is 17.9 Å². The maximum Gasteiger partial charge on any atom is 0.227 e. The minimum Gasteiger partial charge on any atom is -0.346 e. The Bertz CT molecular complexity index is 904. The Hall–Kier alpha value is -1.90. The van der Waals surface area contributed by atoms with Gasteiger partial charge in [0.15, 0.2) is 5.17 Å². The van der Waals surface area contributed by atoms with E-state index in [2.05, 4.69) is 21.2 Å². The average molecular weight is 437 g/mol. The molecule has 0 bridgehead atoms. The highest BCUT2D eigenvalue weighted by Gasteiger charge is 2.26. The van der Waals surface area contributed by atoms with Crippen molar-refractivity contribution in [1.29, 1.82) is 0 Å². The van der Waals surface area contributed by atoms with Gasteiger partial charge in [0, 0.05) is 42.5 Å². The third kappa shape index (κ3) is 4.24. The molecule has 1 saturated heterocycles. The van der Waals surface area contributed by atoms with Crippen LogP contribution >= 0.6 is 34.7 Å². The maximum atomic E-state index is 13.9. The van der Waals surface area contributed by atoms with Crippen molar-refractivity contribution in [2.24, 2.45) is 10.2 Å². The van der Waals surface area contributed by atoms with Crippen LogP contribution in [-0.4, -0.2) is 58.5 Å². The van der Waals surface area contributed by atoms with Gasteiger partial charge in [0.2, 0.25) is 5.91 Å². The number of hydrogen-bond acceptors (Lipinski definition) is 6. The summed E-state index contributed by atoms with van der Waals surface area (Å²) in [5.74, 6) is 0.249. The smallest absolute Gasteiger partial charge is 0.227 e. The van der Waals surface area contributed by atoms with E-state index < -0.39 is 5.82 Å². The highest BCUT2D eigenvalue weighted by molar-refractivity contribution is 8.14. The fourth-order valence-electron chi connectivity index (χ4n) is 3.12. The van der Waals surface area contributed by atoms with Crippen LogP contribution in [0.4, 0.5) is 4.39 Å². The summed E-state index contributed by atoms with van der Waals surface area (Å²) in [4.78, 5) is 17.6. The van der Waals surface area contributed by atoms with E-state index >= 15 is 0 Å². The molecule has 1 aromatic heterocycles. The summed E-state index contributed by atoms with van der Waals surface area (Å²) in [6, 6.07) is 8.54. The highest BCUT2D eigenvalue weighted by Crippen LogP contribution is 2.23. The minimum atomic E-state index is -0.438. The number of rotatable bonds is 3. The second kappa shape index (κ2) is 8.63. The molecule has 2 aromatic rings. The summed E-state index contributed by atoms with van der Waals surface area (Å²) in [5.41, 5.74) is 1.26. The van der Waals surface area contributed by atoms with E-state index in [0.717, 1.165) is 21.5 Å². The lowest BCUT2D eigenvalue weighted by Gasteiger charge is -2.36. The fourth-order valence-corrected chi connectivity index (χ4v) is 5.10. The third-order valence-corrected chi connectivity index (χ3v) is 6.98. The quantitative estimate of drug-likeness (QED) is 0.736. The molecule has 0 aliphatic carbocycles. The van der Waals surface area contributed by atoms with Crippen LogP contribution in [-0.2, 0) is 11.2 Å². The number of nitrogens with zero attached hydrogens (tertiary/aromatic N) is 4. The molecule has 0 N–H and O–H groups in total. The monoisotopic (exact) mass is 436 g/mol. The van der Waals surface area contributed by atoms with Gasteiger partial charge in [-0.15, -0.1) is 16.4 Å². The number of thioether (sulfide) groups is 1. The van der Waals surface area contributed by atoms with Crippen molar-refractivity contribution < 1.29 is 9.18 Å². The van der Waals surface area contributed by atoms with Gasteiger partial charge in [0.25, 0.3) is 0 Å². The van der Waals surface area contributed by atoms with Crippen LogP contribution in [0.3, 0.4) is 0 Å². The van der Waals surface area contributed by atoms with Crippen LogP contribution in [0.25, 0.3) is 0 Å². The van der Waals surface area contributed by atoms with E-state index in [1.807, 2.05) is 11.4 Å². The minimum absolute atomic E-state index is 0.0182. The zero-order chi connectivity index (χ0) is 19.5. The number of carbonyl (C=O) groups is 1. The molecule has 3 heterocycles. The molecule has 0 atom stereocenters. The number of amides is 1. The van der Waals surface area contributed by atoms with Crippen molar-refractivity contribution in [3.05, 3.63) is 57.0 Å². The molecule has 5 nitrogen and oxygen atoms in total. The van der Waals surface area contributed by atoms with Gasteiger partial charge in [-0.25, -0.2) is 4.39 Å². The molecule has 1 aromatic carbocycles. The Morgan fingerprint density at radius 1 is 1.14 bits per heavy atom. The predicted molar refractivity (Wildman–Crippen MR) is 114 cm³/mol.